The Labute approximate surface area is 191 Å². The van der Waals surface area contributed by atoms with Gasteiger partial charge < -0.3 is 10.6 Å². The molecule has 0 saturated heterocycles. The van der Waals surface area contributed by atoms with Gasteiger partial charge >= 0.3 is 0 Å². The summed E-state index contributed by atoms with van der Waals surface area (Å²) in [6.07, 6.45) is 2.14. The zero-order valence-corrected chi connectivity index (χ0v) is 19.2. The smallest absolute Gasteiger partial charge is 0.255 e. The predicted molar refractivity (Wildman–Crippen MR) is 126 cm³/mol. The summed E-state index contributed by atoms with van der Waals surface area (Å²) in [7, 11) is 0. The van der Waals surface area contributed by atoms with Crippen molar-refractivity contribution < 1.29 is 9.18 Å². The van der Waals surface area contributed by atoms with Gasteiger partial charge in [-0.25, -0.2) is 9.07 Å². The molecule has 1 aliphatic rings. The first-order chi connectivity index (χ1) is 15.5. The third-order valence-corrected chi connectivity index (χ3v) is 6.21. The maximum atomic E-state index is 14.9. The second kappa shape index (κ2) is 9.56. The molecule has 2 aromatic carbocycles. The Hall–Kier alpha value is -3.13. The number of carbonyl (C=O) groups is 1. The van der Waals surface area contributed by atoms with Crippen LogP contribution in [0.4, 0.5) is 16.0 Å². The zero-order chi connectivity index (χ0) is 22.7. The number of benzene rings is 2. The minimum atomic E-state index is -0.731. The molecule has 0 saturated carbocycles. The van der Waals surface area contributed by atoms with Gasteiger partial charge in [0, 0.05) is 22.7 Å². The standard InChI is InChI=1S/C24H26FN5OS/c1-4-5-13-32-24-28-23-26-16(3)20(22(31)27-17-10-8-9-15(2)14-17)21(30(23)29-24)18-11-6-7-12-19(18)25/h6-12,14,21H,4-5,13H2,1-3H3,(H,27,31)(H,26,28,29). The van der Waals surface area contributed by atoms with Crippen LogP contribution in [0.2, 0.25) is 0 Å². The first-order valence-corrected chi connectivity index (χ1v) is 11.7. The van der Waals surface area contributed by atoms with Crippen LogP contribution in [0.25, 0.3) is 0 Å². The van der Waals surface area contributed by atoms with Gasteiger partial charge in [0.25, 0.3) is 5.91 Å². The van der Waals surface area contributed by atoms with Gasteiger partial charge in [0.1, 0.15) is 11.9 Å². The second-order valence-electron chi connectivity index (χ2n) is 7.78. The van der Waals surface area contributed by atoms with Gasteiger partial charge in [-0.1, -0.05) is 55.4 Å². The quantitative estimate of drug-likeness (QED) is 0.364. The third-order valence-electron chi connectivity index (χ3n) is 5.28. The fourth-order valence-electron chi connectivity index (χ4n) is 3.70. The maximum Gasteiger partial charge on any atom is 0.255 e. The van der Waals surface area contributed by atoms with Crippen molar-refractivity contribution in [1.82, 2.24) is 14.8 Å². The molecule has 0 aliphatic carbocycles. The number of amides is 1. The largest absolute Gasteiger partial charge is 0.328 e. The van der Waals surface area contributed by atoms with E-state index >= 15 is 0 Å². The number of thioether (sulfide) groups is 1. The number of aryl methyl sites for hydroxylation is 1. The average molecular weight is 452 g/mol. The van der Waals surface area contributed by atoms with Gasteiger partial charge in [0.05, 0.1) is 5.57 Å². The molecule has 6 nitrogen and oxygen atoms in total. The Morgan fingerprint density at radius 3 is 2.78 bits per heavy atom. The lowest BCUT2D eigenvalue weighted by Gasteiger charge is -2.28. The maximum absolute atomic E-state index is 14.9. The Bertz CT molecular complexity index is 1170. The van der Waals surface area contributed by atoms with Gasteiger partial charge in [-0.3, -0.25) is 4.79 Å². The van der Waals surface area contributed by atoms with Crippen LogP contribution in [0.5, 0.6) is 0 Å². The fraction of sp³-hybridized carbons (Fsp3) is 0.292. The van der Waals surface area contributed by atoms with E-state index < -0.39 is 11.9 Å². The van der Waals surface area contributed by atoms with Crippen LogP contribution in [0.1, 0.15) is 43.9 Å². The van der Waals surface area contributed by atoms with Crippen LogP contribution < -0.4 is 10.6 Å². The van der Waals surface area contributed by atoms with E-state index in [-0.39, 0.29) is 5.91 Å². The van der Waals surface area contributed by atoms with Crippen LogP contribution in [-0.2, 0) is 4.79 Å². The molecule has 0 radical (unpaired) electrons. The molecule has 1 aliphatic heterocycles. The van der Waals surface area contributed by atoms with E-state index in [0.717, 1.165) is 24.2 Å². The molecule has 0 fully saturated rings. The lowest BCUT2D eigenvalue weighted by atomic mass is 9.94. The number of unbranched alkanes of at least 4 members (excludes halogenated alkanes) is 1. The van der Waals surface area contributed by atoms with E-state index in [4.69, 9.17) is 0 Å². The molecule has 1 atom stereocenters. The van der Waals surface area contributed by atoms with Gasteiger partial charge in [0.2, 0.25) is 11.1 Å². The molecular formula is C24H26FN5OS. The Balaban J connectivity index is 1.74. The molecule has 3 aromatic rings. The number of fused-ring (bicyclic) bond motifs is 1. The Morgan fingerprint density at radius 2 is 2.03 bits per heavy atom. The summed E-state index contributed by atoms with van der Waals surface area (Å²) in [5.74, 6) is 0.698. The molecule has 166 valence electrons. The van der Waals surface area contributed by atoms with E-state index in [9.17, 15) is 9.18 Å². The van der Waals surface area contributed by atoms with Crippen molar-refractivity contribution in [1.29, 1.82) is 0 Å². The van der Waals surface area contributed by atoms with Crippen molar-refractivity contribution >= 4 is 29.3 Å². The Kier molecular flexibility index (Phi) is 6.60. The topological polar surface area (TPSA) is 71.8 Å². The second-order valence-corrected chi connectivity index (χ2v) is 8.84. The summed E-state index contributed by atoms with van der Waals surface area (Å²) in [5, 5.41) is 11.4. The Morgan fingerprint density at radius 1 is 1.22 bits per heavy atom. The van der Waals surface area contributed by atoms with E-state index in [0.29, 0.717) is 33.6 Å². The van der Waals surface area contributed by atoms with Gasteiger partial charge in [0.15, 0.2) is 0 Å². The predicted octanol–water partition coefficient (Wildman–Crippen LogP) is 5.55. The highest BCUT2D eigenvalue weighted by atomic mass is 32.2. The summed E-state index contributed by atoms with van der Waals surface area (Å²) in [6.45, 7) is 5.90. The molecular weight excluding hydrogens is 425 g/mol. The molecule has 2 heterocycles. The lowest BCUT2D eigenvalue weighted by molar-refractivity contribution is -0.113. The summed E-state index contributed by atoms with van der Waals surface area (Å²) in [5.41, 5.74) is 3.11. The van der Waals surface area contributed by atoms with Gasteiger partial charge in [-0.15, -0.1) is 5.10 Å². The summed E-state index contributed by atoms with van der Waals surface area (Å²) in [4.78, 5) is 18.0. The fourth-order valence-corrected chi connectivity index (χ4v) is 4.61. The van der Waals surface area contributed by atoms with Crippen LogP contribution in [0.15, 0.2) is 65.0 Å². The van der Waals surface area contributed by atoms with Crippen molar-refractivity contribution in [2.45, 2.75) is 44.8 Å². The molecule has 0 bridgehead atoms. The van der Waals surface area contributed by atoms with E-state index in [2.05, 4.69) is 27.6 Å². The number of halogens is 1. The van der Waals surface area contributed by atoms with Crippen molar-refractivity contribution in [2.24, 2.45) is 0 Å². The number of hydrogen-bond acceptors (Lipinski definition) is 5. The number of nitrogens with zero attached hydrogens (tertiary/aromatic N) is 3. The number of allylic oxidation sites excluding steroid dienone is 1. The number of carbonyl (C=O) groups excluding carboxylic acids is 1. The monoisotopic (exact) mass is 451 g/mol. The summed E-state index contributed by atoms with van der Waals surface area (Å²) in [6, 6.07) is 13.3. The minimum absolute atomic E-state index is 0.310. The average Bonchev–Trinajstić information content (AvgIpc) is 3.15. The van der Waals surface area contributed by atoms with Crippen molar-refractivity contribution in [3.63, 3.8) is 0 Å². The van der Waals surface area contributed by atoms with Crippen LogP contribution in [0, 0.1) is 12.7 Å². The van der Waals surface area contributed by atoms with Crippen LogP contribution >= 0.6 is 11.8 Å². The van der Waals surface area contributed by atoms with Crippen molar-refractivity contribution in [3.8, 4) is 0 Å². The zero-order valence-electron chi connectivity index (χ0n) is 18.4. The van der Waals surface area contributed by atoms with Crippen molar-refractivity contribution in [2.75, 3.05) is 16.4 Å². The number of anilines is 2. The summed E-state index contributed by atoms with van der Waals surface area (Å²) < 4.78 is 16.5. The molecule has 32 heavy (non-hydrogen) atoms. The molecule has 4 rings (SSSR count). The third kappa shape index (κ3) is 4.55. The number of aromatic nitrogens is 3. The first-order valence-electron chi connectivity index (χ1n) is 10.7. The molecule has 0 spiro atoms. The van der Waals surface area contributed by atoms with Gasteiger partial charge in [-0.2, -0.15) is 4.98 Å². The number of hydrogen-bond donors (Lipinski definition) is 2. The normalized spacial score (nSPS) is 15.3. The van der Waals surface area contributed by atoms with E-state index in [1.807, 2.05) is 31.2 Å². The highest BCUT2D eigenvalue weighted by Gasteiger charge is 2.35. The number of rotatable bonds is 7. The molecule has 1 amide bonds. The molecule has 1 unspecified atom stereocenters. The molecule has 2 N–H and O–H groups in total. The van der Waals surface area contributed by atoms with Crippen LogP contribution in [-0.4, -0.2) is 26.4 Å². The highest BCUT2D eigenvalue weighted by molar-refractivity contribution is 7.99. The summed E-state index contributed by atoms with van der Waals surface area (Å²) >= 11 is 1.56. The molecule has 1 aromatic heterocycles. The van der Waals surface area contributed by atoms with Crippen molar-refractivity contribution in [3.05, 3.63) is 76.7 Å². The lowest BCUT2D eigenvalue weighted by Crippen LogP contribution is -2.32. The first kappa shape index (κ1) is 22.1. The highest BCUT2D eigenvalue weighted by Crippen LogP contribution is 2.37. The molecule has 8 heteroatoms. The van der Waals surface area contributed by atoms with Gasteiger partial charge in [-0.05, 0) is 44.0 Å². The SMILES string of the molecule is CCCCSc1nc2n(n1)C(c1ccccc1F)C(C(=O)Nc1cccc(C)c1)=C(C)N2. The van der Waals surface area contributed by atoms with E-state index in [1.165, 1.54) is 6.07 Å². The van der Waals surface area contributed by atoms with Crippen LogP contribution in [0.3, 0.4) is 0 Å². The number of nitrogens with one attached hydrogen (secondary N) is 2. The minimum Gasteiger partial charge on any atom is -0.328 e. The van der Waals surface area contributed by atoms with E-state index in [1.54, 1.807) is 41.6 Å².